The summed E-state index contributed by atoms with van der Waals surface area (Å²) in [7, 11) is 1.98. The summed E-state index contributed by atoms with van der Waals surface area (Å²) in [6, 6.07) is 0.0628. The number of aryl methyl sites for hydroxylation is 1. The molecule has 5 nitrogen and oxygen atoms in total. The highest BCUT2D eigenvalue weighted by Crippen LogP contribution is 2.54. The first-order chi connectivity index (χ1) is 10.2. The van der Waals surface area contributed by atoms with Crippen LogP contribution in [0.1, 0.15) is 44.0 Å². The predicted molar refractivity (Wildman–Crippen MR) is 77.4 cm³/mol. The molecule has 3 fully saturated rings. The van der Waals surface area contributed by atoms with Gasteiger partial charge in [-0.3, -0.25) is 4.79 Å². The second-order valence-corrected chi connectivity index (χ2v) is 6.79. The van der Waals surface area contributed by atoms with Crippen LogP contribution in [0, 0.1) is 17.8 Å². The Morgan fingerprint density at radius 3 is 3.00 bits per heavy atom. The number of imidazole rings is 1. The Morgan fingerprint density at radius 1 is 1.43 bits per heavy atom. The first-order valence-corrected chi connectivity index (χ1v) is 8.13. The summed E-state index contributed by atoms with van der Waals surface area (Å²) in [6.45, 7) is 0.748. The molecule has 114 valence electrons. The van der Waals surface area contributed by atoms with Gasteiger partial charge in [0.05, 0.1) is 6.04 Å². The van der Waals surface area contributed by atoms with E-state index in [1.165, 1.54) is 12.8 Å². The highest BCUT2D eigenvalue weighted by Gasteiger charge is 2.51. The van der Waals surface area contributed by atoms with Crippen LogP contribution in [-0.2, 0) is 16.6 Å². The van der Waals surface area contributed by atoms with Crippen molar-refractivity contribution in [3.8, 4) is 0 Å². The van der Waals surface area contributed by atoms with E-state index < -0.39 is 0 Å². The molecular weight excluding hydrogens is 266 g/mol. The highest BCUT2D eigenvalue weighted by atomic mass is 16.5. The van der Waals surface area contributed by atoms with Gasteiger partial charge in [0, 0.05) is 32.0 Å². The molecule has 1 N–H and O–H groups in total. The molecule has 1 aromatic rings. The molecule has 0 bridgehead atoms. The second-order valence-electron chi connectivity index (χ2n) is 6.79. The van der Waals surface area contributed by atoms with Gasteiger partial charge in [-0.25, -0.2) is 4.98 Å². The molecular formula is C16H23N3O2. The number of carbonyl (C=O) groups excluding carboxylic acids is 1. The molecule has 2 unspecified atom stereocenters. The van der Waals surface area contributed by atoms with Crippen molar-refractivity contribution in [2.45, 2.75) is 44.2 Å². The third kappa shape index (κ3) is 2.59. The topological polar surface area (TPSA) is 56.1 Å². The van der Waals surface area contributed by atoms with Crippen molar-refractivity contribution in [3.63, 3.8) is 0 Å². The molecule has 1 aliphatic heterocycles. The molecule has 2 aliphatic carbocycles. The van der Waals surface area contributed by atoms with E-state index in [4.69, 9.17) is 4.74 Å². The third-order valence-electron chi connectivity index (χ3n) is 5.17. The van der Waals surface area contributed by atoms with E-state index in [1.54, 1.807) is 6.20 Å². The number of aromatic nitrogens is 2. The van der Waals surface area contributed by atoms with Gasteiger partial charge in [-0.05, 0) is 43.9 Å². The first kappa shape index (κ1) is 13.3. The Morgan fingerprint density at radius 2 is 2.29 bits per heavy atom. The second kappa shape index (κ2) is 5.13. The van der Waals surface area contributed by atoms with Crippen molar-refractivity contribution < 1.29 is 9.53 Å². The lowest BCUT2D eigenvalue weighted by atomic mass is 10.0. The number of nitrogens with one attached hydrogen (secondary N) is 1. The summed E-state index contributed by atoms with van der Waals surface area (Å²) in [5.41, 5.74) is 0. The average Bonchev–Trinajstić information content (AvgIpc) is 3.36. The van der Waals surface area contributed by atoms with Crippen LogP contribution in [0.4, 0.5) is 0 Å². The summed E-state index contributed by atoms with van der Waals surface area (Å²) < 4.78 is 7.89. The molecule has 1 amide bonds. The molecule has 2 saturated carbocycles. The van der Waals surface area contributed by atoms with Crippen LogP contribution in [0.15, 0.2) is 12.4 Å². The molecule has 3 aliphatic rings. The van der Waals surface area contributed by atoms with Gasteiger partial charge in [-0.2, -0.15) is 0 Å². The lowest BCUT2D eigenvalue weighted by molar-refractivity contribution is -0.126. The van der Waals surface area contributed by atoms with Crippen molar-refractivity contribution in [2.24, 2.45) is 24.8 Å². The molecule has 5 heteroatoms. The molecule has 2 heterocycles. The number of hydrogen-bond acceptors (Lipinski definition) is 3. The van der Waals surface area contributed by atoms with Crippen molar-refractivity contribution in [3.05, 3.63) is 18.2 Å². The summed E-state index contributed by atoms with van der Waals surface area (Å²) in [6.07, 6.45) is 9.34. The fourth-order valence-corrected chi connectivity index (χ4v) is 3.69. The molecule has 4 atom stereocenters. The smallest absolute Gasteiger partial charge is 0.223 e. The minimum Gasteiger partial charge on any atom is -0.368 e. The number of ether oxygens (including phenoxy) is 1. The van der Waals surface area contributed by atoms with Crippen LogP contribution < -0.4 is 5.32 Å². The number of carbonyl (C=O) groups is 1. The number of amides is 1. The van der Waals surface area contributed by atoms with Crippen LogP contribution in [0.25, 0.3) is 0 Å². The van der Waals surface area contributed by atoms with Crippen molar-refractivity contribution in [1.29, 1.82) is 0 Å². The zero-order chi connectivity index (χ0) is 14.4. The van der Waals surface area contributed by atoms with E-state index in [1.807, 2.05) is 17.8 Å². The van der Waals surface area contributed by atoms with Crippen LogP contribution in [0.2, 0.25) is 0 Å². The van der Waals surface area contributed by atoms with Crippen LogP contribution in [0.3, 0.4) is 0 Å². The number of hydrogen-bond donors (Lipinski definition) is 1. The van der Waals surface area contributed by atoms with Crippen molar-refractivity contribution in [1.82, 2.24) is 14.9 Å². The van der Waals surface area contributed by atoms with E-state index in [9.17, 15) is 4.79 Å². The van der Waals surface area contributed by atoms with Gasteiger partial charge in [-0.15, -0.1) is 0 Å². The minimum absolute atomic E-state index is 0.0628. The largest absolute Gasteiger partial charge is 0.368 e. The lowest BCUT2D eigenvalue weighted by Crippen LogP contribution is -2.44. The highest BCUT2D eigenvalue weighted by molar-refractivity contribution is 5.82. The summed E-state index contributed by atoms with van der Waals surface area (Å²) in [5, 5.41) is 3.24. The maximum Gasteiger partial charge on any atom is 0.223 e. The van der Waals surface area contributed by atoms with Gasteiger partial charge in [0.15, 0.2) is 0 Å². The van der Waals surface area contributed by atoms with Crippen LogP contribution in [0.5, 0.6) is 0 Å². The Balaban J connectivity index is 1.42. The summed E-state index contributed by atoms with van der Waals surface area (Å²) in [5.74, 6) is 2.92. The fourth-order valence-electron chi connectivity index (χ4n) is 3.69. The van der Waals surface area contributed by atoms with Crippen LogP contribution >= 0.6 is 0 Å². The van der Waals surface area contributed by atoms with Gasteiger partial charge in [0.2, 0.25) is 5.91 Å². The summed E-state index contributed by atoms with van der Waals surface area (Å²) in [4.78, 5) is 16.8. The van der Waals surface area contributed by atoms with Gasteiger partial charge in [-0.1, -0.05) is 0 Å². The Bertz CT molecular complexity index is 537. The number of rotatable bonds is 4. The Hall–Kier alpha value is -1.36. The summed E-state index contributed by atoms with van der Waals surface area (Å²) >= 11 is 0. The molecule has 0 radical (unpaired) electrons. The average molecular weight is 289 g/mol. The maximum absolute atomic E-state index is 12.4. The van der Waals surface area contributed by atoms with E-state index in [0.29, 0.717) is 5.92 Å². The normalized spacial score (nSPS) is 35.5. The van der Waals surface area contributed by atoms with E-state index >= 15 is 0 Å². The zero-order valence-electron chi connectivity index (χ0n) is 12.5. The molecule has 4 rings (SSSR count). The van der Waals surface area contributed by atoms with E-state index in [2.05, 4.69) is 10.3 Å². The van der Waals surface area contributed by atoms with E-state index in [0.717, 1.165) is 37.6 Å². The zero-order valence-corrected chi connectivity index (χ0v) is 12.5. The minimum atomic E-state index is -0.110. The maximum atomic E-state index is 12.4. The standard InChI is InChI=1S/C16H23N3O2/c1-19-7-6-17-15(19)14-13(3-2-8-21-14)18-16(20)12-9-11(12)10-4-5-10/h6-7,10-14H,2-5,8-9H2,1H3,(H,18,20)/t11?,12?,13-,14-/m0/s1. The Kier molecular flexibility index (Phi) is 3.25. The SMILES string of the molecule is Cn1ccnc1[C@H]1OCCC[C@@H]1NC(=O)C1CC1C1CC1. The van der Waals surface area contributed by atoms with Gasteiger partial charge < -0.3 is 14.6 Å². The van der Waals surface area contributed by atoms with E-state index in [-0.39, 0.29) is 24.0 Å². The lowest BCUT2D eigenvalue weighted by Gasteiger charge is -2.32. The van der Waals surface area contributed by atoms with Gasteiger partial charge in [0.25, 0.3) is 0 Å². The van der Waals surface area contributed by atoms with Crippen molar-refractivity contribution in [2.75, 3.05) is 6.61 Å². The van der Waals surface area contributed by atoms with Gasteiger partial charge >= 0.3 is 0 Å². The Labute approximate surface area is 125 Å². The first-order valence-electron chi connectivity index (χ1n) is 8.13. The third-order valence-corrected chi connectivity index (χ3v) is 5.17. The molecule has 1 aromatic heterocycles. The predicted octanol–water partition coefficient (Wildman–Crippen LogP) is 1.80. The fraction of sp³-hybridized carbons (Fsp3) is 0.750. The number of nitrogens with zero attached hydrogens (tertiary/aromatic N) is 2. The van der Waals surface area contributed by atoms with Gasteiger partial charge in [0.1, 0.15) is 11.9 Å². The molecule has 21 heavy (non-hydrogen) atoms. The molecule has 1 saturated heterocycles. The monoisotopic (exact) mass is 289 g/mol. The van der Waals surface area contributed by atoms with Crippen molar-refractivity contribution >= 4 is 5.91 Å². The van der Waals surface area contributed by atoms with Crippen LogP contribution in [-0.4, -0.2) is 28.1 Å². The molecule has 0 aromatic carbocycles. The molecule has 0 spiro atoms. The quantitative estimate of drug-likeness (QED) is 0.919.